The van der Waals surface area contributed by atoms with Crippen LogP contribution in [0.4, 0.5) is 5.69 Å². The molecule has 0 aliphatic heterocycles. The monoisotopic (exact) mass is 858 g/mol. The highest BCUT2D eigenvalue weighted by Crippen LogP contribution is 2.38. The van der Waals surface area contributed by atoms with Gasteiger partial charge in [0.05, 0.1) is 6.04 Å². The van der Waals surface area contributed by atoms with Crippen LogP contribution in [0.5, 0.6) is 0 Å². The van der Waals surface area contributed by atoms with Gasteiger partial charge in [0.25, 0.3) is 0 Å². The molecule has 3 nitrogen and oxygen atoms in total. The largest absolute Gasteiger partial charge is 0.345 e. The Morgan fingerprint density at radius 3 is 2.42 bits per heavy atom. The summed E-state index contributed by atoms with van der Waals surface area (Å²) in [6.45, 7) is 27.3. The molecule has 3 aliphatic rings. The number of hydrogen-bond donors (Lipinski definition) is 0. The molecule has 0 heterocycles. The van der Waals surface area contributed by atoms with Crippen molar-refractivity contribution in [2.75, 3.05) is 11.4 Å². The molecule has 1 aromatic rings. The van der Waals surface area contributed by atoms with Crippen molar-refractivity contribution in [3.8, 4) is 0 Å². The third-order valence-electron chi connectivity index (χ3n) is 13.1. The quantitative estimate of drug-likeness (QED) is 0.0473. The Hall–Kier alpha value is -5.15. The van der Waals surface area contributed by atoms with Crippen LogP contribution >= 0.6 is 0 Å². The van der Waals surface area contributed by atoms with E-state index in [0.717, 1.165) is 69.9 Å². The molecular weight excluding hydrogens is 775 g/mol. The molecule has 0 N–H and O–H groups in total. The fourth-order valence-corrected chi connectivity index (χ4v) is 8.60. The van der Waals surface area contributed by atoms with Crippen molar-refractivity contribution in [2.45, 2.75) is 158 Å². The summed E-state index contributed by atoms with van der Waals surface area (Å²) in [4.78, 5) is 9.51. The standard InChI is InChI=1S/C61H83N3/c1-11-16-18-26-54-35-41-60(42-36-54)64(59-28-20-19-24-49(6)31-38-59)58(23-13-3)39-32-51(8)55(14-4)37-33-52(9)61(10)45-22-30-57(43-46-61)63(47-44-50(7)48-62-15-5)56-29-21-27-53(34-40-56)25-17-12-2/h13-15,20-22,24,28-29,32-37,39-43,45,48,59H,3-4,11-12,16-19,23,25-27,30-31,38,44,46-47H2,1-2,5-10H3/b28-20-,49-24-,50-48-,51-32+,52-33+,55-37+,58-39+,62-15-. The van der Waals surface area contributed by atoms with Crippen molar-refractivity contribution in [1.29, 1.82) is 0 Å². The van der Waals surface area contributed by atoms with Gasteiger partial charge in [-0.1, -0.05) is 160 Å². The Kier molecular flexibility index (Phi) is 22.5. The number of allylic oxidation sites excluding steroid dienone is 20. The highest BCUT2D eigenvalue weighted by molar-refractivity contribution is 5.57. The minimum absolute atomic E-state index is 0.109. The second-order valence-electron chi connectivity index (χ2n) is 18.3. The lowest BCUT2D eigenvalue weighted by Crippen LogP contribution is -2.33. The van der Waals surface area contributed by atoms with Gasteiger partial charge in [0.1, 0.15) is 0 Å². The molecule has 4 rings (SSSR count). The fourth-order valence-electron chi connectivity index (χ4n) is 8.60. The number of nitrogens with zero attached hydrogens (tertiary/aromatic N) is 3. The van der Waals surface area contributed by atoms with Gasteiger partial charge >= 0.3 is 0 Å². The lowest BCUT2D eigenvalue weighted by atomic mass is 9.79. The minimum Gasteiger partial charge on any atom is -0.345 e. The Balaban J connectivity index is 1.63. The third-order valence-corrected chi connectivity index (χ3v) is 13.1. The van der Waals surface area contributed by atoms with Crippen LogP contribution in [-0.4, -0.2) is 23.7 Å². The topological polar surface area (TPSA) is 18.8 Å². The zero-order valence-electron chi connectivity index (χ0n) is 41.3. The van der Waals surface area contributed by atoms with Crippen LogP contribution < -0.4 is 4.90 Å². The highest BCUT2D eigenvalue weighted by atomic mass is 15.2. The number of rotatable bonds is 23. The molecule has 3 aliphatic carbocycles. The van der Waals surface area contributed by atoms with Crippen molar-refractivity contribution in [1.82, 2.24) is 4.90 Å². The SMILES string of the molecule is C=CC\C(=C/C=C(C)/C(C=C)=C/C=C(\C)C1(C)C=CCC(N(CC/C(C)=C\N=C/C)C2=CC=C(CCCC)CC=C2)=CC1)N(c1ccc(CCCCC)cc1)C1/C=C\C/C=C(/C)CC1. The molecule has 0 fully saturated rings. The summed E-state index contributed by atoms with van der Waals surface area (Å²) in [5.41, 5.74) is 14.3. The maximum absolute atomic E-state index is 4.41. The van der Waals surface area contributed by atoms with Gasteiger partial charge in [0, 0.05) is 60.0 Å². The highest BCUT2D eigenvalue weighted by Gasteiger charge is 2.26. The predicted molar refractivity (Wildman–Crippen MR) is 285 cm³/mol. The maximum atomic E-state index is 4.41. The van der Waals surface area contributed by atoms with E-state index < -0.39 is 0 Å². The van der Waals surface area contributed by atoms with Gasteiger partial charge in [0.2, 0.25) is 0 Å². The van der Waals surface area contributed by atoms with E-state index in [0.29, 0.717) is 0 Å². The molecule has 342 valence electrons. The van der Waals surface area contributed by atoms with Gasteiger partial charge in [-0.2, -0.15) is 0 Å². The van der Waals surface area contributed by atoms with Gasteiger partial charge in [0.15, 0.2) is 0 Å². The molecule has 0 aromatic heterocycles. The van der Waals surface area contributed by atoms with E-state index in [1.165, 1.54) is 94.7 Å². The number of benzene rings is 1. The summed E-state index contributed by atoms with van der Waals surface area (Å²) in [5.74, 6) is 0. The molecule has 0 spiro atoms. The molecule has 0 radical (unpaired) electrons. The van der Waals surface area contributed by atoms with Crippen LogP contribution in [0.1, 0.15) is 151 Å². The summed E-state index contributed by atoms with van der Waals surface area (Å²) in [7, 11) is 0. The lowest BCUT2D eigenvalue weighted by molar-refractivity contribution is 0.429. The van der Waals surface area contributed by atoms with Crippen LogP contribution in [0, 0.1) is 5.41 Å². The normalized spacial score (nSPS) is 21.8. The molecule has 2 unspecified atom stereocenters. The summed E-state index contributed by atoms with van der Waals surface area (Å²) in [5, 5.41) is 0. The van der Waals surface area contributed by atoms with E-state index in [-0.39, 0.29) is 11.5 Å². The first kappa shape index (κ1) is 51.5. The van der Waals surface area contributed by atoms with Gasteiger partial charge in [-0.25, -0.2) is 0 Å². The second kappa shape index (κ2) is 27.9. The Morgan fingerprint density at radius 2 is 1.69 bits per heavy atom. The molecule has 64 heavy (non-hydrogen) atoms. The average molecular weight is 858 g/mol. The molecule has 2 atom stereocenters. The van der Waals surface area contributed by atoms with E-state index in [4.69, 9.17) is 0 Å². The van der Waals surface area contributed by atoms with Crippen LogP contribution in [0.2, 0.25) is 0 Å². The summed E-state index contributed by atoms with van der Waals surface area (Å²) < 4.78 is 0. The first-order valence-electron chi connectivity index (χ1n) is 24.6. The molecule has 0 amide bonds. The summed E-state index contributed by atoms with van der Waals surface area (Å²) >= 11 is 0. The van der Waals surface area contributed by atoms with Crippen molar-refractivity contribution < 1.29 is 0 Å². The molecule has 0 saturated carbocycles. The molecule has 0 saturated heterocycles. The second-order valence-corrected chi connectivity index (χ2v) is 18.3. The van der Waals surface area contributed by atoms with Crippen molar-refractivity contribution >= 4 is 11.9 Å². The molecule has 1 aromatic carbocycles. The van der Waals surface area contributed by atoms with Gasteiger partial charge < -0.3 is 9.80 Å². The number of unbranched alkanes of at least 4 members (excludes halogenated alkanes) is 3. The molecule has 0 bridgehead atoms. The van der Waals surface area contributed by atoms with E-state index in [2.05, 4.69) is 186 Å². The smallest absolute Gasteiger partial charge is 0.0522 e. The first-order chi connectivity index (χ1) is 31.0. The van der Waals surface area contributed by atoms with Crippen LogP contribution in [0.15, 0.2) is 196 Å². The Bertz CT molecular complexity index is 2090. The van der Waals surface area contributed by atoms with Crippen LogP contribution in [-0.2, 0) is 6.42 Å². The van der Waals surface area contributed by atoms with Crippen molar-refractivity contribution in [3.05, 3.63) is 197 Å². The first-order valence-corrected chi connectivity index (χ1v) is 24.6. The Morgan fingerprint density at radius 1 is 0.891 bits per heavy atom. The maximum Gasteiger partial charge on any atom is 0.0522 e. The van der Waals surface area contributed by atoms with E-state index in [1.807, 2.05) is 31.5 Å². The van der Waals surface area contributed by atoms with Gasteiger partial charge in [-0.05, 0) is 146 Å². The van der Waals surface area contributed by atoms with E-state index in [9.17, 15) is 0 Å². The number of aliphatic imine (C=N–C) groups is 1. The predicted octanol–water partition coefficient (Wildman–Crippen LogP) is 17.6. The number of hydrogen-bond acceptors (Lipinski definition) is 3. The zero-order valence-corrected chi connectivity index (χ0v) is 41.3. The van der Waals surface area contributed by atoms with Crippen LogP contribution in [0.3, 0.4) is 0 Å². The summed E-state index contributed by atoms with van der Waals surface area (Å²) in [6.07, 6.45) is 57.2. The lowest BCUT2D eigenvalue weighted by Gasteiger charge is -2.35. The molecule has 3 heteroatoms. The van der Waals surface area contributed by atoms with E-state index in [1.54, 1.807) is 0 Å². The zero-order chi connectivity index (χ0) is 46.2. The number of aryl methyl sites for hydroxylation is 1. The summed E-state index contributed by atoms with van der Waals surface area (Å²) in [6, 6.07) is 9.60. The van der Waals surface area contributed by atoms with Crippen molar-refractivity contribution in [3.63, 3.8) is 0 Å². The number of anilines is 1. The Labute approximate surface area is 391 Å². The molecular formula is C61H83N3. The van der Waals surface area contributed by atoms with Gasteiger partial charge in [-0.3, -0.25) is 4.99 Å². The minimum atomic E-state index is -0.109. The third kappa shape index (κ3) is 16.4. The van der Waals surface area contributed by atoms with Gasteiger partial charge in [-0.15, -0.1) is 6.58 Å². The van der Waals surface area contributed by atoms with E-state index >= 15 is 0 Å². The average Bonchev–Trinajstić information content (AvgIpc) is 3.65. The fraction of sp³-hybridized carbons (Fsp3) is 0.426. The van der Waals surface area contributed by atoms with Crippen LogP contribution in [0.25, 0.3) is 0 Å². The van der Waals surface area contributed by atoms with Crippen molar-refractivity contribution in [2.24, 2.45) is 10.4 Å².